The largest absolute Gasteiger partial charge is 0.481 e. The molecule has 1 atom stereocenters. The highest BCUT2D eigenvalue weighted by atomic mass is 32.2. The minimum Gasteiger partial charge on any atom is -0.481 e. The highest BCUT2D eigenvalue weighted by Crippen LogP contribution is 2.42. The van der Waals surface area contributed by atoms with Gasteiger partial charge in [-0.3, -0.25) is 4.79 Å². The average Bonchev–Trinajstić information content (AvgIpc) is 3.18. The van der Waals surface area contributed by atoms with Crippen LogP contribution in [0.25, 0.3) is 0 Å². The van der Waals surface area contributed by atoms with Gasteiger partial charge in [0.2, 0.25) is 0 Å². The van der Waals surface area contributed by atoms with E-state index in [1.807, 2.05) is 6.92 Å². The van der Waals surface area contributed by atoms with E-state index in [2.05, 4.69) is 28.6 Å². The summed E-state index contributed by atoms with van der Waals surface area (Å²) in [5.74, 6) is 0.992. The zero-order valence-corrected chi connectivity index (χ0v) is 13.6. The van der Waals surface area contributed by atoms with Crippen molar-refractivity contribution in [3.05, 3.63) is 5.82 Å². The molecule has 0 radical (unpaired) electrons. The van der Waals surface area contributed by atoms with E-state index >= 15 is 0 Å². The lowest BCUT2D eigenvalue weighted by molar-refractivity contribution is -0.133. The van der Waals surface area contributed by atoms with Crippen LogP contribution in [0.15, 0.2) is 5.16 Å². The van der Waals surface area contributed by atoms with Crippen LogP contribution >= 0.6 is 11.8 Å². The molecule has 1 fully saturated rings. The number of ether oxygens (including phenoxy) is 1. The molecule has 1 unspecified atom stereocenters. The van der Waals surface area contributed by atoms with E-state index in [4.69, 9.17) is 9.84 Å². The van der Waals surface area contributed by atoms with Gasteiger partial charge in [-0.05, 0) is 25.7 Å². The third-order valence-electron chi connectivity index (χ3n) is 3.55. The Morgan fingerprint density at radius 1 is 1.48 bits per heavy atom. The number of hydrogen-bond donors (Lipinski definition) is 1. The van der Waals surface area contributed by atoms with E-state index in [9.17, 15) is 4.79 Å². The van der Waals surface area contributed by atoms with Gasteiger partial charge in [0.25, 0.3) is 0 Å². The molecule has 2 rings (SSSR count). The minimum atomic E-state index is -0.839. The van der Waals surface area contributed by atoms with Crippen LogP contribution in [0.5, 0.6) is 0 Å². The molecule has 6 nitrogen and oxygen atoms in total. The first-order chi connectivity index (χ1) is 10.0. The molecule has 21 heavy (non-hydrogen) atoms. The zero-order valence-electron chi connectivity index (χ0n) is 12.8. The molecule has 0 spiro atoms. The van der Waals surface area contributed by atoms with Gasteiger partial charge in [0.1, 0.15) is 5.82 Å². The number of thioether (sulfide) groups is 1. The summed E-state index contributed by atoms with van der Waals surface area (Å²) in [6.45, 7) is 7.54. The van der Waals surface area contributed by atoms with E-state index in [1.165, 1.54) is 11.8 Å². The number of carboxylic acids is 1. The number of aliphatic carboxylic acids is 1. The van der Waals surface area contributed by atoms with Gasteiger partial charge in [-0.1, -0.05) is 25.6 Å². The van der Waals surface area contributed by atoms with Crippen LogP contribution in [0.4, 0.5) is 0 Å². The summed E-state index contributed by atoms with van der Waals surface area (Å²) in [5, 5.41) is 18.1. The number of rotatable bonds is 9. The predicted molar refractivity (Wildman–Crippen MR) is 80.7 cm³/mol. The van der Waals surface area contributed by atoms with Gasteiger partial charge in [0.05, 0.1) is 18.4 Å². The number of carboxylic acid groups (broad SMARTS) is 1. The maximum atomic E-state index is 10.8. The van der Waals surface area contributed by atoms with Crippen molar-refractivity contribution in [3.63, 3.8) is 0 Å². The van der Waals surface area contributed by atoms with Gasteiger partial charge in [-0.25, -0.2) is 0 Å². The normalized spacial score (nSPS) is 16.4. The molecule has 1 saturated carbocycles. The number of aromatic nitrogens is 3. The van der Waals surface area contributed by atoms with E-state index in [-0.39, 0.29) is 11.8 Å². The van der Waals surface area contributed by atoms with Crippen LogP contribution in [0.2, 0.25) is 0 Å². The monoisotopic (exact) mass is 313 g/mol. The molecule has 1 N–H and O–H groups in total. The van der Waals surface area contributed by atoms with Crippen LogP contribution in [-0.4, -0.2) is 44.8 Å². The molecule has 0 aliphatic heterocycles. The molecule has 1 aromatic rings. The van der Waals surface area contributed by atoms with Crippen LogP contribution in [0.3, 0.4) is 0 Å². The minimum absolute atomic E-state index is 0.00223. The lowest BCUT2D eigenvalue weighted by Crippen LogP contribution is -2.23. The Balaban J connectivity index is 2.26. The van der Waals surface area contributed by atoms with Gasteiger partial charge in [0, 0.05) is 12.5 Å². The first kappa shape index (κ1) is 16.3. The van der Waals surface area contributed by atoms with E-state index in [0.717, 1.165) is 18.7 Å². The topological polar surface area (TPSA) is 77.2 Å². The summed E-state index contributed by atoms with van der Waals surface area (Å²) in [6, 6.07) is 0.145. The lowest BCUT2D eigenvalue weighted by atomic mass is 10.0. The maximum Gasteiger partial charge on any atom is 0.313 e. The van der Waals surface area contributed by atoms with Crippen LogP contribution in [0, 0.1) is 5.92 Å². The van der Waals surface area contributed by atoms with Crippen molar-refractivity contribution in [1.82, 2.24) is 14.8 Å². The fourth-order valence-corrected chi connectivity index (χ4v) is 2.97. The van der Waals surface area contributed by atoms with E-state index in [0.29, 0.717) is 30.2 Å². The first-order valence-electron chi connectivity index (χ1n) is 7.41. The molecule has 1 aliphatic carbocycles. The van der Waals surface area contributed by atoms with E-state index in [1.54, 1.807) is 0 Å². The summed E-state index contributed by atoms with van der Waals surface area (Å²) in [6.07, 6.45) is 2.28. The standard InChI is InChI=1S/C14H23N3O3S/c1-4-20-7-11(9(2)3)17-13(10-5-6-10)15-16-14(17)21-8-12(18)19/h9-11H,4-8H2,1-3H3,(H,18,19). The fourth-order valence-electron chi connectivity index (χ4n) is 2.25. The average molecular weight is 313 g/mol. The zero-order chi connectivity index (χ0) is 15.4. The van der Waals surface area contributed by atoms with Crippen molar-refractivity contribution in [2.24, 2.45) is 5.92 Å². The molecule has 7 heteroatoms. The van der Waals surface area contributed by atoms with Crippen LogP contribution in [0.1, 0.15) is 51.4 Å². The molecule has 0 saturated heterocycles. The molecular formula is C14H23N3O3S. The van der Waals surface area contributed by atoms with Crippen molar-refractivity contribution in [2.45, 2.75) is 50.7 Å². The third-order valence-corrected chi connectivity index (χ3v) is 4.48. The molecule has 1 aromatic heterocycles. The third kappa shape index (κ3) is 4.20. The smallest absolute Gasteiger partial charge is 0.313 e. The van der Waals surface area contributed by atoms with Gasteiger partial charge >= 0.3 is 5.97 Å². The Bertz CT molecular complexity index is 486. The van der Waals surface area contributed by atoms with Crippen molar-refractivity contribution < 1.29 is 14.6 Å². The number of hydrogen-bond acceptors (Lipinski definition) is 5. The second-order valence-corrected chi connectivity index (χ2v) is 6.58. The summed E-state index contributed by atoms with van der Waals surface area (Å²) in [5.41, 5.74) is 0. The molecule has 0 bridgehead atoms. The van der Waals surface area contributed by atoms with Crippen molar-refractivity contribution in [3.8, 4) is 0 Å². The Hall–Kier alpha value is -1.08. The second-order valence-electron chi connectivity index (χ2n) is 5.64. The quantitative estimate of drug-likeness (QED) is 0.706. The predicted octanol–water partition coefficient (Wildman–Crippen LogP) is 2.57. The van der Waals surface area contributed by atoms with Crippen LogP contribution < -0.4 is 0 Å². The highest BCUT2D eigenvalue weighted by molar-refractivity contribution is 7.99. The highest BCUT2D eigenvalue weighted by Gasteiger charge is 2.33. The summed E-state index contributed by atoms with van der Waals surface area (Å²) in [7, 11) is 0. The van der Waals surface area contributed by atoms with Crippen molar-refractivity contribution >= 4 is 17.7 Å². The van der Waals surface area contributed by atoms with Gasteiger partial charge < -0.3 is 14.4 Å². The summed E-state index contributed by atoms with van der Waals surface area (Å²) in [4.78, 5) is 10.8. The first-order valence-corrected chi connectivity index (χ1v) is 8.40. The fraction of sp³-hybridized carbons (Fsp3) is 0.786. The molecule has 0 aromatic carbocycles. The summed E-state index contributed by atoms with van der Waals surface area (Å²) < 4.78 is 7.73. The van der Waals surface area contributed by atoms with Gasteiger partial charge in [0.15, 0.2) is 5.16 Å². The van der Waals surface area contributed by atoms with Crippen molar-refractivity contribution in [2.75, 3.05) is 19.0 Å². The SMILES string of the molecule is CCOCC(C(C)C)n1c(SCC(=O)O)nnc1C1CC1. The lowest BCUT2D eigenvalue weighted by Gasteiger charge is -2.25. The van der Waals surface area contributed by atoms with Gasteiger partial charge in [-0.15, -0.1) is 10.2 Å². The van der Waals surface area contributed by atoms with Gasteiger partial charge in [-0.2, -0.15) is 0 Å². The van der Waals surface area contributed by atoms with Crippen LogP contribution in [-0.2, 0) is 9.53 Å². The Kier molecular flexibility index (Phi) is 5.64. The molecule has 1 heterocycles. The summed E-state index contributed by atoms with van der Waals surface area (Å²) >= 11 is 1.23. The second kappa shape index (κ2) is 7.26. The molecule has 118 valence electrons. The Morgan fingerprint density at radius 3 is 2.71 bits per heavy atom. The molecular weight excluding hydrogens is 290 g/mol. The maximum absolute atomic E-state index is 10.8. The van der Waals surface area contributed by atoms with Crippen molar-refractivity contribution in [1.29, 1.82) is 0 Å². The Labute approximate surface area is 129 Å². The number of carbonyl (C=O) groups is 1. The molecule has 1 aliphatic rings. The molecule has 0 amide bonds. The van der Waals surface area contributed by atoms with E-state index < -0.39 is 5.97 Å². The Morgan fingerprint density at radius 2 is 2.19 bits per heavy atom. The number of nitrogens with zero attached hydrogens (tertiary/aromatic N) is 3.